The summed E-state index contributed by atoms with van der Waals surface area (Å²) in [7, 11) is 1.81. The molecule has 1 saturated heterocycles. The van der Waals surface area contributed by atoms with Crippen LogP contribution in [0.4, 0.5) is 4.39 Å². The van der Waals surface area contributed by atoms with E-state index in [2.05, 4.69) is 17.2 Å². The molecule has 0 aliphatic carbocycles. The van der Waals surface area contributed by atoms with Crippen molar-refractivity contribution in [1.29, 1.82) is 0 Å². The van der Waals surface area contributed by atoms with Crippen LogP contribution in [0.1, 0.15) is 45.2 Å². The van der Waals surface area contributed by atoms with Gasteiger partial charge >= 0.3 is 0 Å². The Morgan fingerprint density at radius 3 is 2.71 bits per heavy atom. The van der Waals surface area contributed by atoms with E-state index in [9.17, 15) is 9.18 Å². The number of hydrogen-bond acceptors (Lipinski definition) is 3. The number of benzene rings is 1. The zero-order valence-electron chi connectivity index (χ0n) is 16.1. The second-order valence-electron chi connectivity index (χ2n) is 7.48. The first-order valence-corrected chi connectivity index (χ1v) is 9.48. The molecule has 144 valence electrons. The van der Waals surface area contributed by atoms with Crippen molar-refractivity contribution in [3.05, 3.63) is 82.7 Å². The summed E-state index contributed by atoms with van der Waals surface area (Å²) in [6, 6.07) is 10.8. The topological polar surface area (TPSA) is 51.0 Å². The molecule has 0 saturated carbocycles. The highest BCUT2D eigenvalue weighted by Gasteiger charge is 2.29. The van der Waals surface area contributed by atoms with Gasteiger partial charge in [0.15, 0.2) is 0 Å². The van der Waals surface area contributed by atoms with Gasteiger partial charge in [-0.05, 0) is 55.2 Å². The van der Waals surface area contributed by atoms with E-state index in [4.69, 9.17) is 4.98 Å². The SMILES string of the molecule is Cc1cc(Cc2ccc(F)cc2)cc([C@@H]2CCN(C(=O)c3cnn(C)c3)C2)n1. The van der Waals surface area contributed by atoms with Gasteiger partial charge in [-0.2, -0.15) is 5.10 Å². The number of aromatic nitrogens is 3. The summed E-state index contributed by atoms with van der Waals surface area (Å²) in [4.78, 5) is 19.3. The minimum Gasteiger partial charge on any atom is -0.338 e. The van der Waals surface area contributed by atoms with Gasteiger partial charge in [-0.1, -0.05) is 12.1 Å². The molecule has 1 fully saturated rings. The van der Waals surface area contributed by atoms with Crippen LogP contribution < -0.4 is 0 Å². The van der Waals surface area contributed by atoms with E-state index in [1.165, 1.54) is 12.1 Å². The Bertz CT molecular complexity index is 996. The lowest BCUT2D eigenvalue weighted by Crippen LogP contribution is -2.28. The number of amides is 1. The Labute approximate surface area is 163 Å². The summed E-state index contributed by atoms with van der Waals surface area (Å²) >= 11 is 0. The van der Waals surface area contributed by atoms with Crippen molar-refractivity contribution < 1.29 is 9.18 Å². The molecule has 28 heavy (non-hydrogen) atoms. The van der Waals surface area contributed by atoms with E-state index >= 15 is 0 Å². The lowest BCUT2D eigenvalue weighted by atomic mass is 9.98. The standard InChI is InChI=1S/C22H23FN4O/c1-15-9-17(10-16-3-5-20(23)6-4-16)11-21(25-15)18-7-8-27(14-18)22(28)19-12-24-26(2)13-19/h3-6,9,11-13,18H,7-8,10,14H2,1-2H3/t18-/m1/s1. The van der Waals surface area contributed by atoms with Crippen LogP contribution in [0.3, 0.4) is 0 Å². The second-order valence-corrected chi connectivity index (χ2v) is 7.48. The van der Waals surface area contributed by atoms with Crippen LogP contribution in [0.25, 0.3) is 0 Å². The average molecular weight is 378 g/mol. The minimum absolute atomic E-state index is 0.0230. The van der Waals surface area contributed by atoms with E-state index < -0.39 is 0 Å². The normalized spacial score (nSPS) is 16.5. The van der Waals surface area contributed by atoms with Crippen LogP contribution in [-0.4, -0.2) is 38.7 Å². The number of aryl methyl sites for hydroxylation is 2. The quantitative estimate of drug-likeness (QED) is 0.698. The Hall–Kier alpha value is -3.02. The van der Waals surface area contributed by atoms with E-state index in [0.29, 0.717) is 12.1 Å². The first-order chi connectivity index (χ1) is 13.5. The van der Waals surface area contributed by atoms with Crippen LogP contribution in [-0.2, 0) is 13.5 Å². The fourth-order valence-corrected chi connectivity index (χ4v) is 3.82. The van der Waals surface area contributed by atoms with Gasteiger partial charge in [-0.25, -0.2) is 4.39 Å². The fraction of sp³-hybridized carbons (Fsp3) is 0.318. The average Bonchev–Trinajstić information content (AvgIpc) is 3.32. The Balaban J connectivity index is 1.49. The van der Waals surface area contributed by atoms with Gasteiger partial charge in [0.05, 0.1) is 11.8 Å². The Morgan fingerprint density at radius 2 is 2.00 bits per heavy atom. The van der Waals surface area contributed by atoms with Crippen molar-refractivity contribution in [1.82, 2.24) is 19.7 Å². The second kappa shape index (κ2) is 7.54. The minimum atomic E-state index is -0.223. The van der Waals surface area contributed by atoms with E-state index in [-0.39, 0.29) is 17.6 Å². The third kappa shape index (κ3) is 3.96. The van der Waals surface area contributed by atoms with Gasteiger partial charge in [0.2, 0.25) is 0 Å². The highest BCUT2D eigenvalue weighted by atomic mass is 19.1. The maximum atomic E-state index is 13.1. The highest BCUT2D eigenvalue weighted by Crippen LogP contribution is 2.28. The highest BCUT2D eigenvalue weighted by molar-refractivity contribution is 5.94. The Kier molecular flexibility index (Phi) is 4.94. The molecule has 0 bridgehead atoms. The van der Waals surface area contributed by atoms with Crippen LogP contribution >= 0.6 is 0 Å². The summed E-state index contributed by atoms with van der Waals surface area (Å²) in [6.07, 6.45) is 5.00. The van der Waals surface area contributed by atoms with Gasteiger partial charge < -0.3 is 4.90 Å². The summed E-state index contributed by atoms with van der Waals surface area (Å²) in [5.41, 5.74) is 4.84. The first-order valence-electron chi connectivity index (χ1n) is 9.48. The molecule has 0 N–H and O–H groups in total. The lowest BCUT2D eigenvalue weighted by molar-refractivity contribution is 0.0790. The summed E-state index contributed by atoms with van der Waals surface area (Å²) in [6.45, 7) is 3.38. The lowest BCUT2D eigenvalue weighted by Gasteiger charge is -2.16. The summed E-state index contributed by atoms with van der Waals surface area (Å²) in [5.74, 6) is 0.0296. The molecule has 6 heteroatoms. The number of carbonyl (C=O) groups is 1. The molecular formula is C22H23FN4O. The van der Waals surface area contributed by atoms with Crippen molar-refractivity contribution in [2.75, 3.05) is 13.1 Å². The van der Waals surface area contributed by atoms with Gasteiger partial charge in [-0.3, -0.25) is 14.5 Å². The fourth-order valence-electron chi connectivity index (χ4n) is 3.82. The molecule has 3 heterocycles. The zero-order valence-corrected chi connectivity index (χ0v) is 16.1. The monoisotopic (exact) mass is 378 g/mol. The molecule has 0 spiro atoms. The predicted octanol–water partition coefficient (Wildman–Crippen LogP) is 3.48. The van der Waals surface area contributed by atoms with Crippen LogP contribution in [0, 0.1) is 12.7 Å². The number of hydrogen-bond donors (Lipinski definition) is 0. The molecule has 1 aliphatic heterocycles. The Morgan fingerprint density at radius 1 is 1.21 bits per heavy atom. The molecule has 5 nitrogen and oxygen atoms in total. The maximum absolute atomic E-state index is 13.1. The van der Waals surface area contributed by atoms with Gasteiger partial charge in [0, 0.05) is 43.6 Å². The van der Waals surface area contributed by atoms with Crippen molar-refractivity contribution in [3.8, 4) is 0 Å². The molecule has 2 aromatic heterocycles. The number of carbonyl (C=O) groups excluding carboxylic acids is 1. The van der Waals surface area contributed by atoms with Gasteiger partial charge in [0.25, 0.3) is 5.91 Å². The molecule has 3 aromatic rings. The first kappa shape index (κ1) is 18.3. The van der Waals surface area contributed by atoms with Crippen molar-refractivity contribution in [3.63, 3.8) is 0 Å². The smallest absolute Gasteiger partial charge is 0.257 e. The number of nitrogens with zero attached hydrogens (tertiary/aromatic N) is 4. The van der Waals surface area contributed by atoms with E-state index in [1.54, 1.807) is 17.1 Å². The predicted molar refractivity (Wildman–Crippen MR) is 105 cm³/mol. The number of halogens is 1. The van der Waals surface area contributed by atoms with E-state index in [0.717, 1.165) is 41.9 Å². The summed E-state index contributed by atoms with van der Waals surface area (Å²) < 4.78 is 14.8. The largest absolute Gasteiger partial charge is 0.338 e. The third-order valence-corrected chi connectivity index (χ3v) is 5.20. The molecule has 4 rings (SSSR count). The van der Waals surface area contributed by atoms with E-state index in [1.807, 2.05) is 31.0 Å². The number of rotatable bonds is 4. The molecule has 1 amide bonds. The molecule has 1 aromatic carbocycles. The molecular weight excluding hydrogens is 355 g/mol. The van der Waals surface area contributed by atoms with Crippen LogP contribution in [0.5, 0.6) is 0 Å². The summed E-state index contributed by atoms with van der Waals surface area (Å²) in [5, 5.41) is 4.09. The molecule has 0 unspecified atom stereocenters. The van der Waals surface area contributed by atoms with Crippen LogP contribution in [0.2, 0.25) is 0 Å². The number of pyridine rings is 1. The van der Waals surface area contributed by atoms with Crippen LogP contribution in [0.15, 0.2) is 48.8 Å². The molecule has 1 atom stereocenters. The maximum Gasteiger partial charge on any atom is 0.257 e. The van der Waals surface area contributed by atoms with Crippen molar-refractivity contribution in [2.45, 2.75) is 25.7 Å². The zero-order chi connectivity index (χ0) is 19.7. The van der Waals surface area contributed by atoms with Crippen molar-refractivity contribution in [2.24, 2.45) is 7.05 Å². The molecule has 1 aliphatic rings. The van der Waals surface area contributed by atoms with Gasteiger partial charge in [0.1, 0.15) is 5.82 Å². The third-order valence-electron chi connectivity index (χ3n) is 5.20. The molecule has 0 radical (unpaired) electrons. The van der Waals surface area contributed by atoms with Crippen molar-refractivity contribution >= 4 is 5.91 Å². The number of likely N-dealkylation sites (tertiary alicyclic amines) is 1. The van der Waals surface area contributed by atoms with Gasteiger partial charge in [-0.15, -0.1) is 0 Å².